The van der Waals surface area contributed by atoms with Crippen molar-refractivity contribution in [3.8, 4) is 0 Å². The molecule has 15 heavy (non-hydrogen) atoms. The predicted octanol–water partition coefficient (Wildman–Crippen LogP) is 6.20. The smallest absolute Gasteiger partial charge is 0.0443 e. The molecule has 0 N–H and O–H groups in total. The van der Waals surface area contributed by atoms with Crippen LogP contribution in [0, 0.1) is 5.92 Å². The van der Waals surface area contributed by atoms with Gasteiger partial charge in [-0.2, -0.15) is 0 Å². The Kier molecular flexibility index (Phi) is 19.1. The van der Waals surface area contributed by atoms with Crippen LogP contribution >= 0.6 is 0 Å². The van der Waals surface area contributed by atoms with Crippen LogP contribution in [0.5, 0.6) is 0 Å². The van der Waals surface area contributed by atoms with Crippen LogP contribution in [0.1, 0.15) is 92.4 Å². The van der Waals surface area contributed by atoms with Crippen molar-refractivity contribution in [2.45, 2.75) is 92.4 Å². The molecule has 0 aromatic rings. The zero-order valence-corrected chi connectivity index (χ0v) is 11.9. The van der Waals surface area contributed by atoms with Gasteiger partial charge in [0.25, 0.3) is 0 Å². The molecule has 0 saturated heterocycles. The third-order valence-electron chi connectivity index (χ3n) is 2.85. The van der Waals surface area contributed by atoms with Crippen molar-refractivity contribution in [3.63, 3.8) is 0 Å². The standard InChI is InChI=1S/C7H14.C6H14.C2H6/c1-7-5-3-2-4-6-7;1-3-5-6-4-2;1-2/h7H,2-6H2,1H3;3-6H2,1-2H3;1-2H3. The summed E-state index contributed by atoms with van der Waals surface area (Å²) in [6.45, 7) is 10.8. The minimum absolute atomic E-state index is 1.04. The third-order valence-corrected chi connectivity index (χ3v) is 2.85. The molecule has 1 aliphatic rings. The molecule has 0 unspecified atom stereocenters. The summed E-state index contributed by atoms with van der Waals surface area (Å²) in [5.74, 6) is 1.04. The van der Waals surface area contributed by atoms with Crippen LogP contribution in [0.3, 0.4) is 0 Å². The molecule has 1 saturated carbocycles. The molecule has 0 atom stereocenters. The second-order valence-electron chi connectivity index (χ2n) is 4.45. The Bertz CT molecular complexity index is 76.0. The van der Waals surface area contributed by atoms with Crippen molar-refractivity contribution >= 4 is 0 Å². The van der Waals surface area contributed by atoms with Crippen molar-refractivity contribution in [2.75, 3.05) is 0 Å². The Morgan fingerprint density at radius 1 is 0.800 bits per heavy atom. The highest BCUT2D eigenvalue weighted by Gasteiger charge is 2.05. The summed E-state index contributed by atoms with van der Waals surface area (Å²) in [6.07, 6.45) is 13.0. The van der Waals surface area contributed by atoms with E-state index in [1.807, 2.05) is 13.8 Å². The minimum Gasteiger partial charge on any atom is -0.0683 e. The predicted molar refractivity (Wildman–Crippen MR) is 73.4 cm³/mol. The lowest BCUT2D eigenvalue weighted by Gasteiger charge is -2.15. The molecule has 1 fully saturated rings. The Hall–Kier alpha value is 0. The number of rotatable bonds is 3. The van der Waals surface area contributed by atoms with E-state index < -0.39 is 0 Å². The first kappa shape index (κ1) is 17.4. The molecule has 0 radical (unpaired) electrons. The average Bonchev–Trinajstić information content (AvgIpc) is 2.31. The highest BCUT2D eigenvalue weighted by Crippen LogP contribution is 2.22. The first-order valence-electron chi connectivity index (χ1n) is 7.31. The molecule has 0 nitrogen and oxygen atoms in total. The summed E-state index contributed by atoms with van der Waals surface area (Å²) in [4.78, 5) is 0. The summed E-state index contributed by atoms with van der Waals surface area (Å²) in [6, 6.07) is 0. The van der Waals surface area contributed by atoms with Crippen LogP contribution in [0.2, 0.25) is 0 Å². The summed E-state index contributed by atoms with van der Waals surface area (Å²) < 4.78 is 0. The van der Waals surface area contributed by atoms with Gasteiger partial charge < -0.3 is 0 Å². The van der Waals surface area contributed by atoms with Gasteiger partial charge in [-0.25, -0.2) is 0 Å². The van der Waals surface area contributed by atoms with E-state index >= 15 is 0 Å². The first-order valence-corrected chi connectivity index (χ1v) is 7.31. The lowest BCUT2D eigenvalue weighted by Crippen LogP contribution is -1.99. The molecule has 0 spiro atoms. The fraction of sp³-hybridized carbons (Fsp3) is 1.00. The van der Waals surface area contributed by atoms with E-state index in [0.717, 1.165) is 5.92 Å². The fourth-order valence-corrected chi connectivity index (χ4v) is 1.81. The van der Waals surface area contributed by atoms with Gasteiger partial charge >= 0.3 is 0 Å². The maximum atomic E-state index is 2.36. The number of hydrogen-bond acceptors (Lipinski definition) is 0. The summed E-state index contributed by atoms with van der Waals surface area (Å²) in [5, 5.41) is 0. The monoisotopic (exact) mass is 214 g/mol. The molecule has 94 valence electrons. The number of unbranched alkanes of at least 4 members (excludes halogenated alkanes) is 3. The lowest BCUT2D eigenvalue weighted by molar-refractivity contribution is 0.385. The van der Waals surface area contributed by atoms with Gasteiger partial charge in [-0.1, -0.05) is 92.4 Å². The van der Waals surface area contributed by atoms with Crippen molar-refractivity contribution in [1.82, 2.24) is 0 Å². The summed E-state index contributed by atoms with van der Waals surface area (Å²) in [5.41, 5.74) is 0. The highest BCUT2D eigenvalue weighted by molar-refractivity contribution is 4.59. The van der Waals surface area contributed by atoms with E-state index in [1.54, 1.807) is 0 Å². The lowest BCUT2D eigenvalue weighted by atomic mass is 9.91. The quantitative estimate of drug-likeness (QED) is 0.491. The molecule has 1 aliphatic carbocycles. The van der Waals surface area contributed by atoms with Gasteiger partial charge in [0.15, 0.2) is 0 Å². The first-order chi connectivity index (χ1) is 7.31. The Labute approximate surface area is 98.9 Å². The van der Waals surface area contributed by atoms with Gasteiger partial charge in [0.1, 0.15) is 0 Å². The van der Waals surface area contributed by atoms with E-state index in [-0.39, 0.29) is 0 Å². The zero-order valence-electron chi connectivity index (χ0n) is 11.9. The van der Waals surface area contributed by atoms with Gasteiger partial charge in [0.05, 0.1) is 0 Å². The van der Waals surface area contributed by atoms with Crippen LogP contribution < -0.4 is 0 Å². The Morgan fingerprint density at radius 2 is 1.20 bits per heavy atom. The normalized spacial score (nSPS) is 15.8. The SMILES string of the molecule is CC.CC1CCCCC1.CCCCCC. The Morgan fingerprint density at radius 3 is 1.40 bits per heavy atom. The average molecular weight is 214 g/mol. The second-order valence-corrected chi connectivity index (χ2v) is 4.45. The maximum absolute atomic E-state index is 2.36. The fourth-order valence-electron chi connectivity index (χ4n) is 1.81. The van der Waals surface area contributed by atoms with Gasteiger partial charge in [0, 0.05) is 0 Å². The van der Waals surface area contributed by atoms with E-state index in [1.165, 1.54) is 57.8 Å². The van der Waals surface area contributed by atoms with Gasteiger partial charge in [0.2, 0.25) is 0 Å². The van der Waals surface area contributed by atoms with Crippen LogP contribution in [-0.2, 0) is 0 Å². The molecule has 0 heteroatoms. The van der Waals surface area contributed by atoms with E-state index in [4.69, 9.17) is 0 Å². The molecule has 0 aromatic heterocycles. The van der Waals surface area contributed by atoms with Gasteiger partial charge in [-0.15, -0.1) is 0 Å². The van der Waals surface area contributed by atoms with E-state index in [2.05, 4.69) is 20.8 Å². The molecule has 0 aliphatic heterocycles. The topological polar surface area (TPSA) is 0 Å². The molecule has 0 bridgehead atoms. The van der Waals surface area contributed by atoms with Crippen LogP contribution in [0.15, 0.2) is 0 Å². The van der Waals surface area contributed by atoms with Crippen molar-refractivity contribution in [3.05, 3.63) is 0 Å². The largest absolute Gasteiger partial charge is 0.0683 e. The minimum atomic E-state index is 1.04. The van der Waals surface area contributed by atoms with Crippen LogP contribution in [-0.4, -0.2) is 0 Å². The Balaban J connectivity index is 0. The van der Waals surface area contributed by atoms with Gasteiger partial charge in [-0.3, -0.25) is 0 Å². The van der Waals surface area contributed by atoms with E-state index in [9.17, 15) is 0 Å². The van der Waals surface area contributed by atoms with Crippen molar-refractivity contribution in [1.29, 1.82) is 0 Å². The van der Waals surface area contributed by atoms with Crippen molar-refractivity contribution in [2.24, 2.45) is 5.92 Å². The molecule has 0 amide bonds. The van der Waals surface area contributed by atoms with Gasteiger partial charge in [-0.05, 0) is 5.92 Å². The maximum Gasteiger partial charge on any atom is -0.0443 e. The molecule has 1 rings (SSSR count). The molecule has 0 heterocycles. The highest BCUT2D eigenvalue weighted by atomic mass is 14.1. The summed E-state index contributed by atoms with van der Waals surface area (Å²) >= 11 is 0. The van der Waals surface area contributed by atoms with E-state index in [0.29, 0.717) is 0 Å². The number of hydrogen-bond donors (Lipinski definition) is 0. The molecular formula is C15H34. The van der Waals surface area contributed by atoms with Crippen LogP contribution in [0.4, 0.5) is 0 Å². The van der Waals surface area contributed by atoms with Crippen LogP contribution in [0.25, 0.3) is 0 Å². The zero-order chi connectivity index (χ0) is 11.9. The third kappa shape index (κ3) is 16.7. The molecule has 0 aromatic carbocycles. The summed E-state index contributed by atoms with van der Waals surface area (Å²) in [7, 11) is 0. The molecular weight excluding hydrogens is 180 g/mol. The van der Waals surface area contributed by atoms with Crippen molar-refractivity contribution < 1.29 is 0 Å². The second kappa shape index (κ2) is 16.4.